The van der Waals surface area contributed by atoms with Gasteiger partial charge in [0.1, 0.15) is 25.0 Å². The van der Waals surface area contributed by atoms with Crippen LogP contribution < -0.4 is 15.2 Å². The number of H-pyrrole nitrogens is 1. The Morgan fingerprint density at radius 2 is 2.09 bits per heavy atom. The van der Waals surface area contributed by atoms with Gasteiger partial charge < -0.3 is 15.2 Å². The van der Waals surface area contributed by atoms with Crippen molar-refractivity contribution < 1.29 is 9.47 Å². The number of methoxy groups -OCH3 is 2. The zero-order valence-corrected chi connectivity index (χ0v) is 12.8. The fourth-order valence-corrected chi connectivity index (χ4v) is 2.18. The van der Waals surface area contributed by atoms with Crippen molar-refractivity contribution in [3.63, 3.8) is 0 Å². The molecule has 3 aromatic rings. The minimum atomic E-state index is -0.476. The molecule has 9 heteroatoms. The Hall–Kier alpha value is -2.94. The third-order valence-electron chi connectivity index (χ3n) is 3.37. The Kier molecular flexibility index (Phi) is 4.20. The summed E-state index contributed by atoms with van der Waals surface area (Å²) in [4.78, 5) is 8.29. The van der Waals surface area contributed by atoms with Crippen LogP contribution in [0.15, 0.2) is 30.9 Å². The van der Waals surface area contributed by atoms with Crippen molar-refractivity contribution in [1.29, 1.82) is 0 Å². The number of ether oxygens (including phenoxy) is 2. The number of benzene rings is 1. The minimum Gasteiger partial charge on any atom is -0.493 e. The van der Waals surface area contributed by atoms with Crippen LogP contribution in [0.5, 0.6) is 11.5 Å². The summed E-state index contributed by atoms with van der Waals surface area (Å²) in [6.07, 6.45) is 3.07. The van der Waals surface area contributed by atoms with Crippen LogP contribution >= 0.6 is 0 Å². The molecule has 0 aliphatic carbocycles. The number of aromatic amines is 1. The average molecular weight is 315 g/mol. The van der Waals surface area contributed by atoms with Crippen LogP contribution in [0, 0.1) is 0 Å². The quantitative estimate of drug-likeness (QED) is 0.680. The van der Waals surface area contributed by atoms with Gasteiger partial charge in [0.25, 0.3) is 0 Å². The van der Waals surface area contributed by atoms with E-state index in [4.69, 9.17) is 15.2 Å². The van der Waals surface area contributed by atoms with Crippen molar-refractivity contribution in [1.82, 2.24) is 29.9 Å². The van der Waals surface area contributed by atoms with Gasteiger partial charge in [0.2, 0.25) is 0 Å². The smallest absolute Gasteiger partial charge is 0.171 e. The Bertz CT molecular complexity index is 769. The molecule has 0 saturated heterocycles. The van der Waals surface area contributed by atoms with Crippen LogP contribution in [0.1, 0.15) is 23.3 Å². The van der Waals surface area contributed by atoms with E-state index in [1.165, 1.54) is 6.33 Å². The predicted octanol–water partition coefficient (Wildman–Crippen LogP) is 0.510. The molecule has 3 rings (SSSR count). The zero-order valence-electron chi connectivity index (χ0n) is 12.8. The maximum atomic E-state index is 6.24. The maximum Gasteiger partial charge on any atom is 0.171 e. The second-order valence-electron chi connectivity index (χ2n) is 4.83. The highest BCUT2D eigenvalue weighted by Crippen LogP contribution is 2.30. The van der Waals surface area contributed by atoms with Gasteiger partial charge in [-0.2, -0.15) is 10.2 Å². The van der Waals surface area contributed by atoms with Crippen molar-refractivity contribution in [3.05, 3.63) is 48.1 Å². The Labute approximate surface area is 132 Å². The first-order valence-electron chi connectivity index (χ1n) is 6.92. The standard InChI is InChI=1S/C14H17N7O2/c1-22-10-4-3-9(5-11(10)23-2)13(15)14-18-12(19-20-14)6-21-8-16-7-17-21/h3-5,7-8,13H,6,15H2,1-2H3,(H,18,19,20)/t13-/m1/s1. The maximum absolute atomic E-state index is 6.24. The molecule has 0 fully saturated rings. The van der Waals surface area contributed by atoms with E-state index in [0.29, 0.717) is 29.7 Å². The van der Waals surface area contributed by atoms with Gasteiger partial charge in [0.15, 0.2) is 17.3 Å². The lowest BCUT2D eigenvalue weighted by Crippen LogP contribution is -2.14. The summed E-state index contributed by atoms with van der Waals surface area (Å²) in [5, 5.41) is 11.1. The SMILES string of the molecule is COc1ccc([C@@H](N)c2n[nH]c(Cn3cncn3)n2)cc1OC. The van der Waals surface area contributed by atoms with E-state index in [2.05, 4.69) is 25.3 Å². The van der Waals surface area contributed by atoms with E-state index >= 15 is 0 Å². The van der Waals surface area contributed by atoms with Gasteiger partial charge in [0, 0.05) is 0 Å². The topological polar surface area (TPSA) is 117 Å². The fraction of sp³-hybridized carbons (Fsp3) is 0.286. The number of nitrogens with one attached hydrogen (secondary N) is 1. The Balaban J connectivity index is 1.80. The second kappa shape index (κ2) is 6.44. The van der Waals surface area contributed by atoms with E-state index in [0.717, 1.165) is 5.56 Å². The molecule has 2 aromatic heterocycles. The molecule has 0 unspecified atom stereocenters. The van der Waals surface area contributed by atoms with Gasteiger partial charge in [-0.05, 0) is 17.7 Å². The molecule has 9 nitrogen and oxygen atoms in total. The van der Waals surface area contributed by atoms with Crippen LogP contribution in [-0.4, -0.2) is 44.2 Å². The van der Waals surface area contributed by atoms with Crippen LogP contribution in [0.3, 0.4) is 0 Å². The van der Waals surface area contributed by atoms with E-state index < -0.39 is 6.04 Å². The lowest BCUT2D eigenvalue weighted by Gasteiger charge is -2.12. The summed E-state index contributed by atoms with van der Waals surface area (Å²) in [5.41, 5.74) is 7.07. The van der Waals surface area contributed by atoms with Crippen LogP contribution in [0.2, 0.25) is 0 Å². The Morgan fingerprint density at radius 1 is 1.26 bits per heavy atom. The fourth-order valence-electron chi connectivity index (χ4n) is 2.18. The van der Waals surface area contributed by atoms with Crippen molar-refractivity contribution >= 4 is 0 Å². The number of hydrogen-bond acceptors (Lipinski definition) is 7. The van der Waals surface area contributed by atoms with Gasteiger partial charge in [0.05, 0.1) is 20.3 Å². The molecule has 0 aliphatic rings. The van der Waals surface area contributed by atoms with Crippen LogP contribution in [-0.2, 0) is 6.54 Å². The van der Waals surface area contributed by atoms with E-state index in [1.807, 2.05) is 12.1 Å². The average Bonchev–Trinajstić information content (AvgIpc) is 3.26. The highest BCUT2D eigenvalue weighted by Gasteiger charge is 2.17. The highest BCUT2D eigenvalue weighted by molar-refractivity contribution is 5.44. The number of hydrogen-bond donors (Lipinski definition) is 2. The molecule has 1 aromatic carbocycles. The van der Waals surface area contributed by atoms with Gasteiger partial charge in [-0.3, -0.25) is 5.10 Å². The summed E-state index contributed by atoms with van der Waals surface area (Å²) in [5.74, 6) is 2.40. The second-order valence-corrected chi connectivity index (χ2v) is 4.83. The lowest BCUT2D eigenvalue weighted by molar-refractivity contribution is 0.354. The summed E-state index contributed by atoms with van der Waals surface area (Å²) in [6, 6.07) is 5.00. The van der Waals surface area contributed by atoms with Gasteiger partial charge in [-0.25, -0.2) is 14.6 Å². The van der Waals surface area contributed by atoms with Crippen LogP contribution in [0.25, 0.3) is 0 Å². The van der Waals surface area contributed by atoms with Gasteiger partial charge >= 0.3 is 0 Å². The molecule has 0 bridgehead atoms. The third-order valence-corrected chi connectivity index (χ3v) is 3.37. The summed E-state index contributed by atoms with van der Waals surface area (Å²) in [6.45, 7) is 0.450. The number of nitrogens with two attached hydrogens (primary N) is 1. The number of rotatable bonds is 6. The van der Waals surface area contributed by atoms with Crippen molar-refractivity contribution in [2.45, 2.75) is 12.6 Å². The molecule has 120 valence electrons. The highest BCUT2D eigenvalue weighted by atomic mass is 16.5. The molecule has 3 N–H and O–H groups in total. The summed E-state index contributed by atoms with van der Waals surface area (Å²) < 4.78 is 12.2. The molecule has 0 radical (unpaired) electrons. The van der Waals surface area contributed by atoms with Crippen molar-refractivity contribution in [2.24, 2.45) is 5.73 Å². The van der Waals surface area contributed by atoms with Gasteiger partial charge in [-0.1, -0.05) is 6.07 Å². The van der Waals surface area contributed by atoms with Crippen molar-refractivity contribution in [2.75, 3.05) is 14.2 Å². The largest absolute Gasteiger partial charge is 0.493 e. The van der Waals surface area contributed by atoms with E-state index in [-0.39, 0.29) is 0 Å². The first-order chi connectivity index (χ1) is 11.2. The molecular weight excluding hydrogens is 298 g/mol. The summed E-state index contributed by atoms with van der Waals surface area (Å²) in [7, 11) is 3.17. The lowest BCUT2D eigenvalue weighted by atomic mass is 10.1. The molecule has 2 heterocycles. The first kappa shape index (κ1) is 15.0. The molecule has 0 spiro atoms. The number of aromatic nitrogens is 6. The summed E-state index contributed by atoms with van der Waals surface area (Å²) >= 11 is 0. The number of nitrogens with zero attached hydrogens (tertiary/aromatic N) is 5. The van der Waals surface area contributed by atoms with E-state index in [9.17, 15) is 0 Å². The van der Waals surface area contributed by atoms with E-state index in [1.54, 1.807) is 31.3 Å². The third kappa shape index (κ3) is 3.14. The molecular formula is C14H17N7O2. The first-order valence-corrected chi connectivity index (χ1v) is 6.92. The Morgan fingerprint density at radius 3 is 2.78 bits per heavy atom. The predicted molar refractivity (Wildman–Crippen MR) is 81.1 cm³/mol. The monoisotopic (exact) mass is 315 g/mol. The molecule has 0 amide bonds. The van der Waals surface area contributed by atoms with Crippen molar-refractivity contribution in [3.8, 4) is 11.5 Å². The van der Waals surface area contributed by atoms with Crippen LogP contribution in [0.4, 0.5) is 0 Å². The molecule has 23 heavy (non-hydrogen) atoms. The minimum absolute atomic E-state index is 0.450. The molecule has 0 aliphatic heterocycles. The zero-order chi connectivity index (χ0) is 16.2. The molecule has 1 atom stereocenters. The van der Waals surface area contributed by atoms with Gasteiger partial charge in [-0.15, -0.1) is 0 Å². The molecule has 0 saturated carbocycles. The normalized spacial score (nSPS) is 12.1.